The van der Waals surface area contributed by atoms with E-state index in [0.29, 0.717) is 42.6 Å². The molecule has 1 heterocycles. The molecule has 2 aromatic carbocycles. The highest BCUT2D eigenvalue weighted by molar-refractivity contribution is 7.98. The van der Waals surface area contributed by atoms with Gasteiger partial charge in [-0.1, -0.05) is 74.5 Å². The zero-order valence-corrected chi connectivity index (χ0v) is 39.2. The van der Waals surface area contributed by atoms with Crippen LogP contribution < -0.4 is 49.1 Å². The number of thioether (sulfide) groups is 1. The number of carbonyl (C=O) groups is 8. The fraction of sp³-hybridized carbons (Fsp3) is 0.543. The maximum atomic E-state index is 14.9. The minimum Gasteiger partial charge on any atom is -0.370 e. The first-order valence-corrected chi connectivity index (χ1v) is 23.9. The van der Waals surface area contributed by atoms with Crippen LogP contribution in [0, 0.1) is 5.92 Å². The second-order valence-electron chi connectivity index (χ2n) is 16.7. The van der Waals surface area contributed by atoms with Crippen LogP contribution in [-0.4, -0.2) is 127 Å². The van der Waals surface area contributed by atoms with Crippen molar-refractivity contribution in [3.63, 3.8) is 0 Å². The van der Waals surface area contributed by atoms with E-state index in [1.54, 1.807) is 54.6 Å². The largest absolute Gasteiger partial charge is 0.370 e. The van der Waals surface area contributed by atoms with Gasteiger partial charge in [-0.2, -0.15) is 11.8 Å². The van der Waals surface area contributed by atoms with Gasteiger partial charge in [-0.05, 0) is 74.0 Å². The van der Waals surface area contributed by atoms with Gasteiger partial charge in [0, 0.05) is 45.3 Å². The molecule has 66 heavy (non-hydrogen) atoms. The molecular formula is C46H69N11O8S. The Balaban J connectivity index is 2.03. The molecular weight excluding hydrogens is 867 g/mol. The number of amides is 8. The number of hydrogen-bond acceptors (Lipinski definition) is 10. The smallest absolute Gasteiger partial charge is 0.245 e. The quantitative estimate of drug-likeness (QED) is 0.0519. The first-order valence-electron chi connectivity index (χ1n) is 22.5. The second kappa shape index (κ2) is 29.4. The molecule has 0 aliphatic carbocycles. The van der Waals surface area contributed by atoms with E-state index in [1.807, 2.05) is 26.2 Å². The summed E-state index contributed by atoms with van der Waals surface area (Å²) in [5.74, 6) is -4.25. The van der Waals surface area contributed by atoms with Gasteiger partial charge in [0.1, 0.15) is 30.2 Å². The molecule has 2 aromatic rings. The topological polar surface area (TPSA) is 302 Å². The summed E-state index contributed by atoms with van der Waals surface area (Å²) in [6, 6.07) is 12.3. The maximum absolute atomic E-state index is 14.9. The molecule has 1 saturated heterocycles. The summed E-state index contributed by atoms with van der Waals surface area (Å²) in [6.07, 6.45) is 3.98. The van der Waals surface area contributed by atoms with Crippen molar-refractivity contribution >= 4 is 65.0 Å². The molecule has 5 atom stereocenters. The van der Waals surface area contributed by atoms with Gasteiger partial charge in [0.15, 0.2) is 5.96 Å². The number of primary amides is 1. The lowest BCUT2D eigenvalue weighted by Crippen LogP contribution is -2.59. The van der Waals surface area contributed by atoms with Gasteiger partial charge in [0.2, 0.25) is 47.3 Å². The van der Waals surface area contributed by atoms with E-state index in [0.717, 1.165) is 0 Å². The average molecular weight is 936 g/mol. The number of benzene rings is 2. The van der Waals surface area contributed by atoms with Gasteiger partial charge >= 0.3 is 0 Å². The number of nitrogens with two attached hydrogens (primary N) is 3. The lowest BCUT2D eigenvalue weighted by atomic mass is 10.0. The van der Waals surface area contributed by atoms with Gasteiger partial charge in [-0.25, -0.2) is 0 Å². The Morgan fingerprint density at radius 2 is 1.36 bits per heavy atom. The zero-order chi connectivity index (χ0) is 48.4. The van der Waals surface area contributed by atoms with E-state index in [9.17, 15) is 38.4 Å². The lowest BCUT2D eigenvalue weighted by molar-refractivity contribution is -0.140. The van der Waals surface area contributed by atoms with Crippen molar-refractivity contribution < 1.29 is 38.4 Å². The number of nitrogens with zero attached hydrogens (tertiary/aromatic N) is 2. The third kappa shape index (κ3) is 20.8. The molecule has 0 bridgehead atoms. The van der Waals surface area contributed by atoms with E-state index in [4.69, 9.17) is 17.2 Å². The van der Waals surface area contributed by atoms with E-state index in [-0.39, 0.29) is 82.4 Å². The summed E-state index contributed by atoms with van der Waals surface area (Å²) in [4.78, 5) is 114. The standard InChI is InChI=1S/C46H69N11O8S/c1-30(2)26-35(43(63)54-33(41(47)61)21-25-66-3)53-40(60)29-57-24-13-23-50-38(58)19-10-11-20-39(59)52-34(18-12-22-51-46(48)49)42(62)55-36(27-31-14-6-4-7-15-31)44(64)56-37(45(57)65)28-32-16-8-5-9-17-32/h4-9,14-17,30,33-37H,10-13,18-29H2,1-3H3,(H2,47,61)(H,50,58)(H,52,59)(H,53,60)(H,54,63)(H,55,62)(H,56,64)(H4,48,49,51)/t33-,34+,35-,36-,37+/m0/s1. The fourth-order valence-corrected chi connectivity index (χ4v) is 7.72. The summed E-state index contributed by atoms with van der Waals surface area (Å²) in [5.41, 5.74) is 18.0. The number of rotatable bonds is 19. The molecule has 12 N–H and O–H groups in total. The summed E-state index contributed by atoms with van der Waals surface area (Å²) in [5, 5.41) is 16.7. The van der Waals surface area contributed by atoms with E-state index >= 15 is 0 Å². The zero-order valence-electron chi connectivity index (χ0n) is 38.4. The lowest BCUT2D eigenvalue weighted by Gasteiger charge is -2.30. The number of hydrogen-bond donors (Lipinski definition) is 9. The van der Waals surface area contributed by atoms with Crippen molar-refractivity contribution in [2.45, 2.75) is 115 Å². The van der Waals surface area contributed by atoms with Crippen LogP contribution in [0.2, 0.25) is 0 Å². The van der Waals surface area contributed by atoms with Crippen molar-refractivity contribution in [1.82, 2.24) is 36.8 Å². The highest BCUT2D eigenvalue weighted by Gasteiger charge is 2.34. The Bertz CT molecular complexity index is 1930. The SMILES string of the molecule is CSCC[C@H](NC(=O)[C@H](CC(C)C)NC(=O)CN1CCCNC(=O)CCCCC(=O)N[C@H](CCCN=C(N)N)C(=O)N[C@@H](Cc2ccccc2)C(=O)N[C@H](Cc2ccccc2)C1=O)C(N)=O. The fourth-order valence-electron chi connectivity index (χ4n) is 7.25. The molecule has 20 heteroatoms. The minimum absolute atomic E-state index is 0.00131. The number of carbonyl (C=O) groups excluding carboxylic acids is 8. The summed E-state index contributed by atoms with van der Waals surface area (Å²) >= 11 is 1.49. The molecule has 0 unspecified atom stereocenters. The molecule has 3 rings (SSSR count). The molecule has 1 fully saturated rings. The van der Waals surface area contributed by atoms with Crippen molar-refractivity contribution in [2.24, 2.45) is 28.1 Å². The first kappa shape index (κ1) is 54.2. The van der Waals surface area contributed by atoms with Crippen molar-refractivity contribution in [3.8, 4) is 0 Å². The van der Waals surface area contributed by atoms with Crippen LogP contribution in [0.4, 0.5) is 0 Å². The van der Waals surface area contributed by atoms with Crippen LogP contribution in [0.5, 0.6) is 0 Å². The molecule has 0 aromatic heterocycles. The summed E-state index contributed by atoms with van der Waals surface area (Å²) in [6.45, 7) is 3.53. The van der Waals surface area contributed by atoms with Crippen LogP contribution in [0.25, 0.3) is 0 Å². The highest BCUT2D eigenvalue weighted by atomic mass is 32.2. The Kier molecular flexibility index (Phi) is 24.1. The minimum atomic E-state index is -1.26. The van der Waals surface area contributed by atoms with Crippen LogP contribution in [0.3, 0.4) is 0 Å². The van der Waals surface area contributed by atoms with Gasteiger partial charge in [0.25, 0.3) is 0 Å². The molecule has 19 nitrogen and oxygen atoms in total. The molecule has 362 valence electrons. The maximum Gasteiger partial charge on any atom is 0.245 e. The predicted molar refractivity (Wildman–Crippen MR) is 254 cm³/mol. The van der Waals surface area contributed by atoms with Gasteiger partial charge in [-0.3, -0.25) is 43.3 Å². The molecule has 0 saturated carbocycles. The monoisotopic (exact) mass is 936 g/mol. The number of nitrogens with one attached hydrogen (secondary N) is 6. The molecule has 1 aliphatic rings. The van der Waals surface area contributed by atoms with Crippen LogP contribution in [0.1, 0.15) is 82.8 Å². The first-order chi connectivity index (χ1) is 31.6. The van der Waals surface area contributed by atoms with E-state index in [1.165, 1.54) is 16.7 Å². The van der Waals surface area contributed by atoms with Crippen LogP contribution in [-0.2, 0) is 51.2 Å². The number of aliphatic imine (C=N–C) groups is 1. The third-order valence-corrected chi connectivity index (χ3v) is 11.3. The van der Waals surface area contributed by atoms with Gasteiger partial charge < -0.3 is 54.0 Å². The van der Waals surface area contributed by atoms with Crippen molar-refractivity contribution in [3.05, 3.63) is 71.8 Å². The predicted octanol–water partition coefficient (Wildman–Crippen LogP) is 0.143. The van der Waals surface area contributed by atoms with Crippen LogP contribution >= 0.6 is 11.8 Å². The Morgan fingerprint density at radius 3 is 1.95 bits per heavy atom. The second-order valence-corrected chi connectivity index (χ2v) is 17.7. The third-order valence-electron chi connectivity index (χ3n) is 10.7. The number of guanidine groups is 1. The van der Waals surface area contributed by atoms with Crippen LogP contribution in [0.15, 0.2) is 65.7 Å². The normalized spacial score (nSPS) is 19.2. The summed E-state index contributed by atoms with van der Waals surface area (Å²) in [7, 11) is 0. The molecule has 0 radical (unpaired) electrons. The van der Waals surface area contributed by atoms with Gasteiger partial charge in [-0.15, -0.1) is 0 Å². The molecule has 8 amide bonds. The molecule has 1 aliphatic heterocycles. The highest BCUT2D eigenvalue weighted by Crippen LogP contribution is 2.13. The average Bonchev–Trinajstić information content (AvgIpc) is 3.27. The Morgan fingerprint density at radius 1 is 0.773 bits per heavy atom. The Hall–Kier alpha value is -6.18. The van der Waals surface area contributed by atoms with Crippen molar-refractivity contribution in [2.75, 3.05) is 38.2 Å². The Labute approximate surface area is 391 Å². The van der Waals surface area contributed by atoms with Crippen molar-refractivity contribution in [1.29, 1.82) is 0 Å². The molecule has 0 spiro atoms. The van der Waals surface area contributed by atoms with E-state index < -0.39 is 78.1 Å². The van der Waals surface area contributed by atoms with E-state index in [2.05, 4.69) is 36.9 Å². The van der Waals surface area contributed by atoms with Gasteiger partial charge in [0.05, 0.1) is 6.54 Å². The summed E-state index contributed by atoms with van der Waals surface area (Å²) < 4.78 is 0.